The van der Waals surface area contributed by atoms with Gasteiger partial charge in [0, 0.05) is 24.8 Å². The molecular formula is C35H34FN5O6S. The number of morpholine rings is 1. The Bertz CT molecular complexity index is 1760. The SMILES string of the molecule is C[C@H](NC(=O)OCc1ccccc1)C(=O)Nc1ccc(C2SC(=Nc3ccc(N4CCOCC4)c(F)c3)N(Cc3ccco3)C2=O)cc1. The van der Waals surface area contributed by atoms with Crippen molar-refractivity contribution in [2.75, 3.05) is 36.5 Å². The van der Waals surface area contributed by atoms with E-state index >= 15 is 4.39 Å². The Morgan fingerprint density at radius 2 is 1.81 bits per heavy atom. The monoisotopic (exact) mass is 671 g/mol. The van der Waals surface area contributed by atoms with Gasteiger partial charge in [0.15, 0.2) is 5.17 Å². The van der Waals surface area contributed by atoms with Crippen LogP contribution in [-0.2, 0) is 32.2 Å². The molecule has 1 aromatic heterocycles. The summed E-state index contributed by atoms with van der Waals surface area (Å²) < 4.78 is 31.2. The summed E-state index contributed by atoms with van der Waals surface area (Å²) in [4.78, 5) is 46.8. The van der Waals surface area contributed by atoms with Crippen molar-refractivity contribution in [1.29, 1.82) is 0 Å². The van der Waals surface area contributed by atoms with Gasteiger partial charge in [-0.3, -0.25) is 14.5 Å². The van der Waals surface area contributed by atoms with Crippen LogP contribution in [0.25, 0.3) is 0 Å². The number of ether oxygens (including phenoxy) is 2. The largest absolute Gasteiger partial charge is 0.467 e. The standard InChI is InChI=1S/C35H34FN5O6S/c1-23(37-35(44)47-22-24-6-3-2-4-7-24)32(42)38-26-11-9-25(10-12-26)31-33(43)41(21-28-8-5-17-46-28)34(48-31)39-27-13-14-30(29(36)20-27)40-15-18-45-19-16-40/h2-14,17,20,23,31H,15-16,18-19,21-22H2,1H3,(H,37,44)(H,38,42)/t23-,31?/m0/s1. The number of rotatable bonds is 10. The maximum absolute atomic E-state index is 15.2. The number of furan rings is 1. The smallest absolute Gasteiger partial charge is 0.408 e. The van der Waals surface area contributed by atoms with Crippen molar-refractivity contribution >= 4 is 51.9 Å². The van der Waals surface area contributed by atoms with E-state index in [1.54, 1.807) is 55.5 Å². The van der Waals surface area contributed by atoms with Crippen LogP contribution in [0.4, 0.5) is 26.2 Å². The third kappa shape index (κ3) is 8.04. The van der Waals surface area contributed by atoms with E-state index in [9.17, 15) is 14.4 Å². The molecule has 2 atom stereocenters. The number of anilines is 2. The average Bonchev–Trinajstić information content (AvgIpc) is 3.73. The third-order valence-corrected chi connectivity index (χ3v) is 9.00. The Balaban J connectivity index is 1.11. The van der Waals surface area contributed by atoms with Crippen LogP contribution in [0.3, 0.4) is 0 Å². The maximum Gasteiger partial charge on any atom is 0.408 e. The number of thioether (sulfide) groups is 1. The van der Waals surface area contributed by atoms with Gasteiger partial charge in [-0.05, 0) is 54.4 Å². The highest BCUT2D eigenvalue weighted by Crippen LogP contribution is 2.42. The summed E-state index contributed by atoms with van der Waals surface area (Å²) in [5.74, 6) is -0.454. The number of amidine groups is 1. The zero-order valence-electron chi connectivity index (χ0n) is 26.1. The van der Waals surface area contributed by atoms with E-state index < -0.39 is 29.1 Å². The number of amides is 3. The number of hydrogen-bond acceptors (Lipinski definition) is 9. The minimum absolute atomic E-state index is 0.0871. The Labute approximate surface area is 281 Å². The van der Waals surface area contributed by atoms with Crippen molar-refractivity contribution in [3.05, 3.63) is 114 Å². The van der Waals surface area contributed by atoms with Crippen LogP contribution in [0.2, 0.25) is 0 Å². The van der Waals surface area contributed by atoms with Crippen molar-refractivity contribution in [3.8, 4) is 0 Å². The number of carbonyl (C=O) groups excluding carboxylic acids is 3. The number of nitrogens with one attached hydrogen (secondary N) is 2. The summed E-state index contributed by atoms with van der Waals surface area (Å²) >= 11 is 1.26. The van der Waals surface area contributed by atoms with Gasteiger partial charge in [-0.1, -0.05) is 54.2 Å². The van der Waals surface area contributed by atoms with Gasteiger partial charge in [-0.25, -0.2) is 14.2 Å². The van der Waals surface area contributed by atoms with E-state index in [1.165, 1.54) is 29.0 Å². The van der Waals surface area contributed by atoms with Crippen molar-refractivity contribution < 1.29 is 32.7 Å². The molecule has 13 heteroatoms. The molecule has 2 aliphatic rings. The molecule has 3 heterocycles. The molecule has 48 heavy (non-hydrogen) atoms. The molecule has 0 aliphatic carbocycles. The second kappa shape index (κ2) is 15.2. The lowest BCUT2D eigenvalue weighted by Crippen LogP contribution is -2.41. The predicted molar refractivity (Wildman–Crippen MR) is 180 cm³/mol. The first-order valence-electron chi connectivity index (χ1n) is 15.4. The summed E-state index contributed by atoms with van der Waals surface area (Å²) in [7, 11) is 0. The molecule has 4 aromatic rings. The van der Waals surface area contributed by atoms with Gasteiger partial charge >= 0.3 is 6.09 Å². The summed E-state index contributed by atoms with van der Waals surface area (Å²) in [5.41, 5.74) is 2.89. The molecule has 3 aromatic carbocycles. The number of alkyl carbamates (subject to hydrolysis) is 1. The van der Waals surface area contributed by atoms with Gasteiger partial charge in [0.1, 0.15) is 29.5 Å². The highest BCUT2D eigenvalue weighted by molar-refractivity contribution is 8.15. The fourth-order valence-electron chi connectivity index (χ4n) is 5.19. The molecule has 3 amide bonds. The van der Waals surface area contributed by atoms with Crippen molar-refractivity contribution in [2.45, 2.75) is 31.4 Å². The third-order valence-electron chi connectivity index (χ3n) is 7.77. The molecule has 2 saturated heterocycles. The van der Waals surface area contributed by atoms with Crippen LogP contribution >= 0.6 is 11.8 Å². The number of aliphatic imine (C=N–C) groups is 1. The molecule has 2 N–H and O–H groups in total. The van der Waals surface area contributed by atoms with Crippen LogP contribution in [0.15, 0.2) is 101 Å². The molecule has 2 aliphatic heterocycles. The predicted octanol–water partition coefficient (Wildman–Crippen LogP) is 6.01. The van der Waals surface area contributed by atoms with Gasteiger partial charge < -0.3 is 29.4 Å². The molecule has 0 bridgehead atoms. The molecule has 0 radical (unpaired) electrons. The second-order valence-electron chi connectivity index (χ2n) is 11.2. The molecule has 0 saturated carbocycles. The van der Waals surface area contributed by atoms with Crippen LogP contribution < -0.4 is 15.5 Å². The van der Waals surface area contributed by atoms with Crippen molar-refractivity contribution in [3.63, 3.8) is 0 Å². The van der Waals surface area contributed by atoms with Gasteiger partial charge in [0.25, 0.3) is 0 Å². The molecule has 6 rings (SSSR count). The van der Waals surface area contributed by atoms with Gasteiger partial charge in [0.05, 0.1) is 37.4 Å². The number of nitrogens with zero attached hydrogens (tertiary/aromatic N) is 3. The van der Waals surface area contributed by atoms with E-state index in [4.69, 9.17) is 13.9 Å². The molecular weight excluding hydrogens is 637 g/mol. The average molecular weight is 672 g/mol. The molecule has 248 valence electrons. The Morgan fingerprint density at radius 1 is 1.04 bits per heavy atom. The molecule has 11 nitrogen and oxygen atoms in total. The molecule has 2 fully saturated rings. The molecule has 0 spiro atoms. The second-order valence-corrected chi connectivity index (χ2v) is 12.2. The maximum atomic E-state index is 15.2. The topological polar surface area (TPSA) is 126 Å². The minimum Gasteiger partial charge on any atom is -0.467 e. The fraction of sp³-hybridized carbons (Fsp3) is 0.257. The summed E-state index contributed by atoms with van der Waals surface area (Å²) in [6, 6.07) is 23.6. The van der Waals surface area contributed by atoms with E-state index in [-0.39, 0.29) is 19.1 Å². The number of carbonyl (C=O) groups is 3. The lowest BCUT2D eigenvalue weighted by atomic mass is 10.1. The first kappa shape index (κ1) is 32.8. The Morgan fingerprint density at radius 3 is 2.52 bits per heavy atom. The number of benzene rings is 3. The summed E-state index contributed by atoms with van der Waals surface area (Å²) in [6.07, 6.45) is 0.828. The summed E-state index contributed by atoms with van der Waals surface area (Å²) in [6.45, 7) is 4.10. The minimum atomic E-state index is -0.860. The fourth-order valence-corrected chi connectivity index (χ4v) is 6.36. The summed E-state index contributed by atoms with van der Waals surface area (Å²) in [5, 5.41) is 5.08. The molecule has 1 unspecified atom stereocenters. The van der Waals surface area contributed by atoms with E-state index in [2.05, 4.69) is 15.6 Å². The van der Waals surface area contributed by atoms with E-state index in [1.807, 2.05) is 35.2 Å². The first-order chi connectivity index (χ1) is 23.3. The van der Waals surface area contributed by atoms with Crippen molar-refractivity contribution in [1.82, 2.24) is 10.2 Å². The van der Waals surface area contributed by atoms with E-state index in [0.29, 0.717) is 59.9 Å². The lowest BCUT2D eigenvalue weighted by molar-refractivity contribution is -0.126. The highest BCUT2D eigenvalue weighted by atomic mass is 32.2. The van der Waals surface area contributed by atoms with Gasteiger partial charge in [-0.2, -0.15) is 0 Å². The Kier molecular flexibility index (Phi) is 10.4. The van der Waals surface area contributed by atoms with Crippen LogP contribution in [0, 0.1) is 5.82 Å². The van der Waals surface area contributed by atoms with E-state index in [0.717, 1.165) is 5.56 Å². The lowest BCUT2D eigenvalue weighted by Gasteiger charge is -2.29. The van der Waals surface area contributed by atoms with Crippen LogP contribution in [-0.4, -0.2) is 60.3 Å². The van der Waals surface area contributed by atoms with Gasteiger partial charge in [-0.15, -0.1) is 0 Å². The number of halogens is 1. The zero-order chi connectivity index (χ0) is 33.5. The van der Waals surface area contributed by atoms with Gasteiger partial charge in [0.2, 0.25) is 11.8 Å². The highest BCUT2D eigenvalue weighted by Gasteiger charge is 2.39. The van der Waals surface area contributed by atoms with Crippen LogP contribution in [0.1, 0.15) is 29.1 Å². The normalized spacial score (nSPS) is 17.8. The van der Waals surface area contributed by atoms with Crippen LogP contribution in [0.5, 0.6) is 0 Å². The van der Waals surface area contributed by atoms with Crippen molar-refractivity contribution in [2.24, 2.45) is 4.99 Å². The Hall–Kier alpha value is -5.14. The quantitative estimate of drug-likeness (QED) is 0.210. The number of hydrogen-bond donors (Lipinski definition) is 2. The first-order valence-corrected chi connectivity index (χ1v) is 16.3. The zero-order valence-corrected chi connectivity index (χ0v) is 27.0.